The van der Waals surface area contributed by atoms with Gasteiger partial charge in [0.25, 0.3) is 0 Å². The Hall–Kier alpha value is -0.720. The molecule has 7 nitrogen and oxygen atoms in total. The lowest BCUT2D eigenvalue weighted by molar-refractivity contribution is -0.123. The average molecular weight is 870 g/mol. The lowest BCUT2D eigenvalue weighted by Crippen LogP contribution is -2.45. The summed E-state index contributed by atoms with van der Waals surface area (Å²) in [5, 5.41) is 13.4. The van der Waals surface area contributed by atoms with Gasteiger partial charge in [0.2, 0.25) is 5.91 Å². The quantitative estimate of drug-likeness (QED) is 0.0275. The number of aliphatic hydroxyl groups excluding tert-OH is 1. The molecule has 2 atom stereocenters. The standard InChI is InChI=1S/C52H104NO6P/c1-3-5-7-9-11-13-15-17-18-19-20-21-22-23-24-25-26-27-28-29-30-31-32-33-34-36-38-40-42-44-46-48-52(55)53-50(49-59-60(56,57)58)51(54)47-45-43-41-39-37-35-16-14-12-10-8-6-4-2/h45,47,50-51,54H,3-44,46,48-49H2,1-2H3,(H,53,55)(H2,56,57,58)/b47-45+/t50-,51+/m0/s1. The van der Waals surface area contributed by atoms with E-state index in [1.807, 2.05) is 6.08 Å². The van der Waals surface area contributed by atoms with E-state index in [4.69, 9.17) is 0 Å². The maximum Gasteiger partial charge on any atom is 0.469 e. The first-order chi connectivity index (χ1) is 29.3. The van der Waals surface area contributed by atoms with E-state index >= 15 is 0 Å². The molecule has 0 heterocycles. The van der Waals surface area contributed by atoms with Crippen LogP contribution < -0.4 is 5.32 Å². The highest BCUT2D eigenvalue weighted by Crippen LogP contribution is 2.36. The smallest absolute Gasteiger partial charge is 0.387 e. The molecule has 0 aromatic rings. The zero-order valence-corrected chi connectivity index (χ0v) is 41.0. The molecule has 0 radical (unpaired) electrons. The van der Waals surface area contributed by atoms with Gasteiger partial charge in [-0.2, -0.15) is 0 Å². The fourth-order valence-electron chi connectivity index (χ4n) is 8.46. The number of hydrogen-bond acceptors (Lipinski definition) is 4. The monoisotopic (exact) mass is 870 g/mol. The second-order valence-corrected chi connectivity index (χ2v) is 19.8. The molecule has 0 saturated carbocycles. The molecule has 0 aromatic carbocycles. The van der Waals surface area contributed by atoms with Crippen molar-refractivity contribution in [1.29, 1.82) is 0 Å². The number of rotatable bonds is 50. The van der Waals surface area contributed by atoms with E-state index in [9.17, 15) is 24.3 Å². The molecular formula is C52H104NO6P. The SMILES string of the molecule is CCCCCCCCCCCCC/C=C/[C@@H](O)[C@H](COP(=O)(O)O)NC(=O)CCCCCCCCCCCCCCCCCCCCCCCCCCCCCCCCC. The number of allylic oxidation sites excluding steroid dienone is 1. The summed E-state index contributed by atoms with van der Waals surface area (Å²) < 4.78 is 16.0. The van der Waals surface area contributed by atoms with Crippen molar-refractivity contribution in [3.05, 3.63) is 12.2 Å². The van der Waals surface area contributed by atoms with Gasteiger partial charge in [-0.15, -0.1) is 0 Å². The molecule has 0 saturated heterocycles. The van der Waals surface area contributed by atoms with Crippen LogP contribution in [0.25, 0.3) is 0 Å². The zero-order chi connectivity index (χ0) is 43.9. The molecule has 8 heteroatoms. The van der Waals surface area contributed by atoms with Gasteiger partial charge < -0.3 is 20.2 Å². The molecule has 0 bridgehead atoms. The van der Waals surface area contributed by atoms with Crippen LogP contribution in [0.15, 0.2) is 12.2 Å². The number of hydrogen-bond donors (Lipinski definition) is 4. The van der Waals surface area contributed by atoms with E-state index in [1.165, 1.54) is 238 Å². The number of phosphoric acid groups is 1. The third kappa shape index (κ3) is 48.3. The van der Waals surface area contributed by atoms with Crippen molar-refractivity contribution >= 4 is 13.7 Å². The molecule has 358 valence electrons. The van der Waals surface area contributed by atoms with Crippen molar-refractivity contribution in [3.63, 3.8) is 0 Å². The molecule has 0 fully saturated rings. The van der Waals surface area contributed by atoms with Crippen LogP contribution >= 0.6 is 7.82 Å². The Kier molecular flexibility index (Phi) is 47.2. The minimum absolute atomic E-state index is 0.220. The van der Waals surface area contributed by atoms with Crippen LogP contribution in [0.5, 0.6) is 0 Å². The van der Waals surface area contributed by atoms with Gasteiger partial charge in [0.05, 0.1) is 18.8 Å². The highest BCUT2D eigenvalue weighted by molar-refractivity contribution is 7.46. The van der Waals surface area contributed by atoms with Crippen molar-refractivity contribution in [2.24, 2.45) is 0 Å². The maximum atomic E-state index is 12.6. The predicted octanol–water partition coefficient (Wildman–Crippen LogP) is 16.7. The van der Waals surface area contributed by atoms with Crippen molar-refractivity contribution in [2.75, 3.05) is 6.61 Å². The highest BCUT2D eigenvalue weighted by atomic mass is 31.2. The van der Waals surface area contributed by atoms with E-state index in [0.717, 1.165) is 38.5 Å². The van der Waals surface area contributed by atoms with Gasteiger partial charge in [0.1, 0.15) is 0 Å². The Balaban J connectivity index is 3.66. The van der Waals surface area contributed by atoms with Crippen LogP contribution in [0.1, 0.15) is 296 Å². The maximum absolute atomic E-state index is 12.6. The summed E-state index contributed by atoms with van der Waals surface area (Å²) in [5.74, 6) is -0.220. The van der Waals surface area contributed by atoms with Gasteiger partial charge >= 0.3 is 7.82 Å². The topological polar surface area (TPSA) is 116 Å². The first-order valence-corrected chi connectivity index (χ1v) is 28.2. The van der Waals surface area contributed by atoms with Crippen LogP contribution in [0, 0.1) is 0 Å². The van der Waals surface area contributed by atoms with Gasteiger partial charge in [-0.05, 0) is 19.3 Å². The molecule has 0 aliphatic heterocycles. The second-order valence-electron chi connectivity index (χ2n) is 18.6. The van der Waals surface area contributed by atoms with Crippen molar-refractivity contribution in [3.8, 4) is 0 Å². The average Bonchev–Trinajstić information content (AvgIpc) is 3.22. The second kappa shape index (κ2) is 47.8. The van der Waals surface area contributed by atoms with Crippen LogP contribution in [-0.2, 0) is 13.9 Å². The molecule has 0 aromatic heterocycles. The molecular weight excluding hydrogens is 766 g/mol. The van der Waals surface area contributed by atoms with E-state index < -0.39 is 26.6 Å². The van der Waals surface area contributed by atoms with E-state index in [0.29, 0.717) is 6.42 Å². The molecule has 0 aliphatic carbocycles. The van der Waals surface area contributed by atoms with Gasteiger partial charge in [0, 0.05) is 6.42 Å². The largest absolute Gasteiger partial charge is 0.469 e. The summed E-state index contributed by atoms with van der Waals surface area (Å²) in [7, 11) is -4.71. The molecule has 0 spiro atoms. The molecule has 1 amide bonds. The third-order valence-electron chi connectivity index (χ3n) is 12.5. The minimum atomic E-state index is -4.71. The summed E-state index contributed by atoms with van der Waals surface area (Å²) in [6.07, 6.45) is 60.0. The van der Waals surface area contributed by atoms with Crippen LogP contribution in [0.3, 0.4) is 0 Å². The molecule has 0 rings (SSSR count). The fraction of sp³-hybridized carbons (Fsp3) is 0.942. The van der Waals surface area contributed by atoms with Gasteiger partial charge in [-0.3, -0.25) is 9.32 Å². The van der Waals surface area contributed by atoms with Gasteiger partial charge in [-0.1, -0.05) is 283 Å². The molecule has 60 heavy (non-hydrogen) atoms. The minimum Gasteiger partial charge on any atom is -0.387 e. The highest BCUT2D eigenvalue weighted by Gasteiger charge is 2.24. The lowest BCUT2D eigenvalue weighted by Gasteiger charge is -2.22. The summed E-state index contributed by atoms with van der Waals surface area (Å²) in [4.78, 5) is 31.0. The summed E-state index contributed by atoms with van der Waals surface area (Å²) >= 11 is 0. The number of amides is 1. The molecule has 0 aliphatic rings. The van der Waals surface area contributed by atoms with E-state index in [-0.39, 0.29) is 5.91 Å². The Labute approximate surface area is 373 Å². The summed E-state index contributed by atoms with van der Waals surface area (Å²) in [5.41, 5.74) is 0. The molecule has 0 unspecified atom stereocenters. The summed E-state index contributed by atoms with van der Waals surface area (Å²) in [6.45, 7) is 4.10. The lowest BCUT2D eigenvalue weighted by atomic mass is 10.0. The van der Waals surface area contributed by atoms with Crippen molar-refractivity contribution in [2.45, 2.75) is 309 Å². The van der Waals surface area contributed by atoms with Crippen LogP contribution in [0.4, 0.5) is 0 Å². The van der Waals surface area contributed by atoms with Crippen molar-refractivity contribution < 1.29 is 28.8 Å². The van der Waals surface area contributed by atoms with E-state index in [2.05, 4.69) is 23.7 Å². The zero-order valence-electron chi connectivity index (χ0n) is 40.1. The number of unbranched alkanes of at least 4 members (excludes halogenated alkanes) is 41. The Bertz CT molecular complexity index is 941. The number of nitrogens with one attached hydrogen (secondary N) is 1. The Morgan fingerprint density at radius 3 is 1.02 bits per heavy atom. The number of aliphatic hydroxyl groups is 1. The van der Waals surface area contributed by atoms with Crippen LogP contribution in [0.2, 0.25) is 0 Å². The molecule has 4 N–H and O–H groups in total. The fourth-order valence-corrected chi connectivity index (χ4v) is 8.82. The Morgan fingerprint density at radius 1 is 0.467 bits per heavy atom. The van der Waals surface area contributed by atoms with Crippen LogP contribution in [-0.4, -0.2) is 39.6 Å². The van der Waals surface area contributed by atoms with Crippen molar-refractivity contribution in [1.82, 2.24) is 5.32 Å². The number of carbonyl (C=O) groups is 1. The summed E-state index contributed by atoms with van der Waals surface area (Å²) in [6, 6.07) is -0.905. The first kappa shape index (κ1) is 59.3. The number of phosphoric ester groups is 1. The Morgan fingerprint density at radius 2 is 0.733 bits per heavy atom. The number of carbonyl (C=O) groups excluding carboxylic acids is 1. The predicted molar refractivity (Wildman–Crippen MR) is 260 cm³/mol. The van der Waals surface area contributed by atoms with E-state index in [1.54, 1.807) is 6.08 Å². The normalized spacial score (nSPS) is 13.1. The van der Waals surface area contributed by atoms with Gasteiger partial charge in [0.15, 0.2) is 0 Å². The first-order valence-electron chi connectivity index (χ1n) is 26.6. The third-order valence-corrected chi connectivity index (χ3v) is 13.0. The van der Waals surface area contributed by atoms with Gasteiger partial charge in [-0.25, -0.2) is 4.57 Å².